The summed E-state index contributed by atoms with van der Waals surface area (Å²) < 4.78 is 34.0. The summed E-state index contributed by atoms with van der Waals surface area (Å²) >= 11 is 0. The first-order valence-corrected chi connectivity index (χ1v) is 27.0. The van der Waals surface area contributed by atoms with Gasteiger partial charge in [-0.3, -0.25) is 4.90 Å². The molecule has 77 heavy (non-hydrogen) atoms. The number of nitrogen functional groups attached to an aromatic ring is 2. The van der Waals surface area contributed by atoms with Crippen molar-refractivity contribution in [2.24, 2.45) is 5.92 Å². The van der Waals surface area contributed by atoms with Crippen LogP contribution in [0.15, 0.2) is 84.9 Å². The second-order valence-corrected chi connectivity index (χ2v) is 21.3. The number of fused-ring (bicyclic) bond motifs is 6. The zero-order valence-electron chi connectivity index (χ0n) is 45.2. The molecule has 2 aromatic heterocycles. The second-order valence-electron chi connectivity index (χ2n) is 21.3. The van der Waals surface area contributed by atoms with Gasteiger partial charge in [-0.15, -0.1) is 0 Å². The number of nitrogens with two attached hydrogens (primary N) is 2. The van der Waals surface area contributed by atoms with Crippen molar-refractivity contribution in [1.29, 1.82) is 0 Å². The summed E-state index contributed by atoms with van der Waals surface area (Å²) in [5, 5.41) is 3.39. The topological polar surface area (TPSA) is 201 Å². The van der Waals surface area contributed by atoms with Crippen LogP contribution < -0.4 is 45.5 Å². The van der Waals surface area contributed by atoms with E-state index in [0.717, 1.165) is 153 Å². The smallest absolute Gasteiger partial charge is 0.410 e. The van der Waals surface area contributed by atoms with E-state index in [2.05, 4.69) is 54.2 Å². The van der Waals surface area contributed by atoms with Crippen molar-refractivity contribution in [1.82, 2.24) is 35.1 Å². The van der Waals surface area contributed by atoms with Crippen LogP contribution >= 0.6 is 0 Å². The molecule has 18 heteroatoms. The Balaban J connectivity index is 0.000000188. The fourth-order valence-electron chi connectivity index (χ4n) is 10.6. The fraction of sp³-hybridized carbons (Fsp3) is 0.441. The molecule has 3 saturated heterocycles. The maximum atomic E-state index is 12.1. The molecule has 0 saturated carbocycles. The highest BCUT2D eigenvalue weighted by atomic mass is 16.6. The van der Waals surface area contributed by atoms with E-state index in [-0.39, 0.29) is 6.09 Å². The van der Waals surface area contributed by atoms with Crippen LogP contribution in [0.1, 0.15) is 54.2 Å². The summed E-state index contributed by atoms with van der Waals surface area (Å²) in [7, 11) is 3.33. The molecule has 406 valence electrons. The highest BCUT2D eigenvalue weighted by molar-refractivity contribution is 5.77. The van der Waals surface area contributed by atoms with E-state index in [1.807, 2.05) is 81.4 Å². The summed E-state index contributed by atoms with van der Waals surface area (Å²) in [6.07, 6.45) is 3.37. The molecule has 0 radical (unpaired) electrons. The summed E-state index contributed by atoms with van der Waals surface area (Å²) in [4.78, 5) is 39.6. The largest absolute Gasteiger partial charge is 0.497 e. The molecule has 11 rings (SSSR count). The zero-order chi connectivity index (χ0) is 53.5. The molecule has 1 amide bonds. The standard InChI is InChI=1S/C35H46N6O5.C24H27N5O2/c1-35(2,3)46-34(42)41-20-25(21-41)22-44-18-17-39-13-15-40(16-14-39)32-30-11-7-26-19-28(10-12-29(26)31(30)37-33(36)38-32)45-23-24-5-8-27(43-4)9-6-24;1-30-18-5-2-16(3-6-18)15-31-19-7-9-20-17(14-19)4-8-21-22(20)27-24(25)28-23(21)29-12-10-26-11-13-29/h5-6,8-10,12,19,25H,7,11,13-18,20-23H2,1-4H3,(H2,36,37,38);2-3,5-7,9,14,26H,4,8,10-13,15H2,1H3,(H2,25,27,28). The van der Waals surface area contributed by atoms with E-state index in [9.17, 15) is 4.79 Å². The molecular formula is C59H73N11O7. The minimum absolute atomic E-state index is 0.238. The molecule has 5 aliphatic rings. The lowest BCUT2D eigenvalue weighted by Crippen LogP contribution is -2.53. The van der Waals surface area contributed by atoms with Crippen LogP contribution in [0.4, 0.5) is 28.3 Å². The van der Waals surface area contributed by atoms with Gasteiger partial charge in [-0.1, -0.05) is 24.3 Å². The number of carbonyl (C=O) groups excluding carboxylic acids is 1. The highest BCUT2D eigenvalue weighted by Gasteiger charge is 2.34. The molecule has 4 aromatic carbocycles. The van der Waals surface area contributed by atoms with Gasteiger partial charge in [-0.2, -0.15) is 9.97 Å². The number of aromatic nitrogens is 4. The molecule has 5 N–H and O–H groups in total. The van der Waals surface area contributed by atoms with Gasteiger partial charge in [-0.05, 0) is 129 Å². The number of aryl methyl sites for hydroxylation is 2. The quantitative estimate of drug-likeness (QED) is 0.0869. The molecule has 3 fully saturated rings. The third-order valence-corrected chi connectivity index (χ3v) is 14.7. The number of methoxy groups -OCH3 is 2. The van der Waals surface area contributed by atoms with Crippen molar-refractivity contribution in [3.05, 3.63) is 118 Å². The Labute approximate surface area is 452 Å². The van der Waals surface area contributed by atoms with Crippen molar-refractivity contribution in [3.8, 4) is 45.5 Å². The third kappa shape index (κ3) is 13.1. The SMILES string of the molecule is COc1ccc(COc2ccc3c(c2)CCc2c-3nc(N)nc2N2CCN(CCOCC3CN(C(=O)OC(C)(C)C)C3)CC2)cc1.COc1ccc(COc2ccc3c(c2)CCc2c-3nc(N)nc2N2CCNCC2)cc1. The lowest BCUT2D eigenvalue weighted by atomic mass is 9.88. The Morgan fingerprint density at radius 1 is 0.623 bits per heavy atom. The lowest BCUT2D eigenvalue weighted by Gasteiger charge is -2.40. The van der Waals surface area contributed by atoms with Gasteiger partial charge >= 0.3 is 6.09 Å². The van der Waals surface area contributed by atoms with Gasteiger partial charge in [0.1, 0.15) is 53.4 Å². The van der Waals surface area contributed by atoms with Gasteiger partial charge in [0, 0.05) is 100 Å². The normalized spacial score (nSPS) is 16.1. The Bertz CT molecular complexity index is 2990. The van der Waals surface area contributed by atoms with Crippen LogP contribution in [0.5, 0.6) is 23.0 Å². The van der Waals surface area contributed by atoms with Gasteiger partial charge < -0.3 is 59.9 Å². The van der Waals surface area contributed by atoms with E-state index in [1.165, 1.54) is 22.3 Å². The van der Waals surface area contributed by atoms with Crippen molar-refractivity contribution < 1.29 is 33.2 Å². The number of hydrogen-bond acceptors (Lipinski definition) is 17. The molecule has 0 spiro atoms. The van der Waals surface area contributed by atoms with Crippen LogP contribution in [0.25, 0.3) is 22.5 Å². The summed E-state index contributed by atoms with van der Waals surface area (Å²) in [6.45, 7) is 17.7. The molecular weight excluding hydrogens is 975 g/mol. The predicted molar refractivity (Wildman–Crippen MR) is 299 cm³/mol. The van der Waals surface area contributed by atoms with E-state index < -0.39 is 5.60 Å². The van der Waals surface area contributed by atoms with E-state index >= 15 is 0 Å². The Morgan fingerprint density at radius 3 is 1.58 bits per heavy atom. The van der Waals surface area contributed by atoms with Gasteiger partial charge in [0.25, 0.3) is 0 Å². The maximum absolute atomic E-state index is 12.1. The number of nitrogens with one attached hydrogen (secondary N) is 1. The molecule has 0 bridgehead atoms. The van der Waals surface area contributed by atoms with Crippen molar-refractivity contribution in [2.75, 3.05) is 121 Å². The van der Waals surface area contributed by atoms with Crippen LogP contribution in [0, 0.1) is 5.92 Å². The average Bonchev–Trinajstić information content (AvgIpc) is 3.52. The van der Waals surface area contributed by atoms with Gasteiger partial charge in [-0.25, -0.2) is 14.8 Å². The number of likely N-dealkylation sites (tertiary alicyclic amines) is 1. The zero-order valence-corrected chi connectivity index (χ0v) is 45.2. The van der Waals surface area contributed by atoms with Crippen molar-refractivity contribution in [2.45, 2.75) is 65.3 Å². The van der Waals surface area contributed by atoms with Crippen LogP contribution in [0.3, 0.4) is 0 Å². The van der Waals surface area contributed by atoms with E-state index in [1.54, 1.807) is 19.1 Å². The minimum atomic E-state index is -0.465. The number of nitrogens with zero attached hydrogens (tertiary/aromatic N) is 8. The fourth-order valence-corrected chi connectivity index (χ4v) is 10.6. The third-order valence-electron chi connectivity index (χ3n) is 14.7. The molecule has 2 aliphatic carbocycles. The number of piperazine rings is 2. The molecule has 5 heterocycles. The predicted octanol–water partition coefficient (Wildman–Crippen LogP) is 7.24. The first-order chi connectivity index (χ1) is 37.4. The molecule has 0 atom stereocenters. The Kier molecular flexibility index (Phi) is 16.4. The maximum Gasteiger partial charge on any atom is 0.410 e. The highest BCUT2D eigenvalue weighted by Crippen LogP contribution is 2.40. The molecule has 3 aliphatic heterocycles. The first kappa shape index (κ1) is 53.0. The van der Waals surface area contributed by atoms with E-state index in [0.29, 0.717) is 57.3 Å². The number of ether oxygens (including phenoxy) is 6. The van der Waals surface area contributed by atoms with Gasteiger partial charge in [0.05, 0.1) is 38.8 Å². The molecule has 18 nitrogen and oxygen atoms in total. The number of rotatable bonds is 15. The molecule has 6 aromatic rings. The first-order valence-electron chi connectivity index (χ1n) is 27.0. The summed E-state index contributed by atoms with van der Waals surface area (Å²) in [6, 6.07) is 28.3. The Hall–Kier alpha value is -7.41. The lowest BCUT2D eigenvalue weighted by molar-refractivity contribution is -0.0222. The van der Waals surface area contributed by atoms with Crippen LogP contribution in [0.2, 0.25) is 0 Å². The number of carbonyl (C=O) groups is 1. The number of amides is 1. The Morgan fingerprint density at radius 2 is 1.10 bits per heavy atom. The van der Waals surface area contributed by atoms with Gasteiger partial charge in [0.2, 0.25) is 11.9 Å². The van der Waals surface area contributed by atoms with Crippen LogP contribution in [-0.2, 0) is 48.4 Å². The minimum Gasteiger partial charge on any atom is -0.497 e. The van der Waals surface area contributed by atoms with E-state index in [4.69, 9.17) is 49.9 Å². The van der Waals surface area contributed by atoms with Crippen LogP contribution in [-0.4, -0.2) is 141 Å². The van der Waals surface area contributed by atoms with Gasteiger partial charge in [0.15, 0.2) is 0 Å². The summed E-state index contributed by atoms with van der Waals surface area (Å²) in [5.74, 6) is 6.36. The molecule has 0 unspecified atom stereocenters. The second kappa shape index (κ2) is 23.9. The summed E-state index contributed by atoms with van der Waals surface area (Å²) in [5.41, 5.74) is 23.1. The average molecular weight is 1050 g/mol. The number of hydrogen-bond donors (Lipinski definition) is 3. The van der Waals surface area contributed by atoms with Crippen molar-refractivity contribution >= 4 is 29.6 Å². The monoisotopic (exact) mass is 1050 g/mol. The number of anilines is 4. The van der Waals surface area contributed by atoms with Crippen molar-refractivity contribution in [3.63, 3.8) is 0 Å². The number of benzene rings is 4.